The van der Waals surface area contributed by atoms with Crippen LogP contribution in [0.5, 0.6) is 0 Å². The van der Waals surface area contributed by atoms with Gasteiger partial charge in [-0.15, -0.1) is 0 Å². The minimum Gasteiger partial charge on any atom is -0.369 e. The predicted molar refractivity (Wildman–Crippen MR) is 138 cm³/mol. The molecular weight excluding hydrogens is 594 g/mol. The van der Waals surface area contributed by atoms with E-state index in [1.807, 2.05) is 0 Å². The molecule has 2 aliphatic heterocycles. The van der Waals surface area contributed by atoms with Crippen molar-refractivity contribution in [2.75, 3.05) is 25.6 Å². The fourth-order valence-corrected chi connectivity index (χ4v) is 6.71. The van der Waals surface area contributed by atoms with Gasteiger partial charge in [-0.1, -0.05) is 0 Å². The summed E-state index contributed by atoms with van der Waals surface area (Å²) < 4.78 is 74.5. The third-order valence-corrected chi connectivity index (χ3v) is 8.58. The van der Waals surface area contributed by atoms with E-state index in [-0.39, 0.29) is 41.0 Å². The molecule has 3 unspecified atom stereocenters. The second kappa shape index (κ2) is 11.2. The van der Waals surface area contributed by atoms with Crippen molar-refractivity contribution in [2.24, 2.45) is 5.92 Å². The van der Waals surface area contributed by atoms with Gasteiger partial charge in [0.2, 0.25) is 5.95 Å². The van der Waals surface area contributed by atoms with Gasteiger partial charge in [0, 0.05) is 21.8 Å². The maximum absolute atomic E-state index is 15.9. The number of rotatable bonds is 3. The van der Waals surface area contributed by atoms with Gasteiger partial charge in [0.15, 0.2) is 53.4 Å². The molecule has 21 heteroatoms. The number of alkyl halides is 2. The highest BCUT2D eigenvalue weighted by Gasteiger charge is 2.47. The van der Waals surface area contributed by atoms with Crippen molar-refractivity contribution in [2.45, 2.75) is 37.2 Å². The molecule has 220 valence electrons. The first kappa shape index (κ1) is 28.0. The summed E-state index contributed by atoms with van der Waals surface area (Å²) in [6.07, 6.45) is -5.70. The zero-order valence-corrected chi connectivity index (χ0v) is 23.0. The first-order chi connectivity index (χ1) is 19.8. The number of H-pyrrole nitrogens is 2. The lowest BCUT2D eigenvalue weighted by Gasteiger charge is -2.29. The van der Waals surface area contributed by atoms with E-state index < -0.39 is 71.3 Å². The number of imidazole rings is 2. The highest BCUT2D eigenvalue weighted by molar-refractivity contribution is 7.33. The lowest BCUT2D eigenvalue weighted by Crippen LogP contribution is -2.35. The van der Waals surface area contributed by atoms with Gasteiger partial charge >= 0.3 is 8.25 Å². The van der Waals surface area contributed by atoms with Gasteiger partial charge in [0.05, 0.1) is 31.7 Å². The van der Waals surface area contributed by atoms with Crippen molar-refractivity contribution < 1.29 is 36.4 Å². The molecule has 0 bridgehead atoms. The molecular formula is C20H23F2N9O8P2. The molecule has 0 aromatic carbocycles. The number of methoxy groups -OCH3 is 1. The largest absolute Gasteiger partial charge is 0.369 e. The van der Waals surface area contributed by atoms with Gasteiger partial charge < -0.3 is 29.2 Å². The fourth-order valence-electron chi connectivity index (χ4n) is 4.74. The van der Waals surface area contributed by atoms with Crippen molar-refractivity contribution in [3.05, 3.63) is 39.7 Å². The number of aromatic amines is 2. The van der Waals surface area contributed by atoms with E-state index in [1.54, 1.807) is 0 Å². The summed E-state index contributed by atoms with van der Waals surface area (Å²) in [6, 6.07) is 0. The summed E-state index contributed by atoms with van der Waals surface area (Å²) in [5.74, 6) is -1.10. The van der Waals surface area contributed by atoms with E-state index in [0.29, 0.717) is 0 Å². The summed E-state index contributed by atoms with van der Waals surface area (Å²) in [5.41, 5.74) is 4.27. The molecule has 2 saturated heterocycles. The second-order valence-corrected chi connectivity index (χ2v) is 11.0. The van der Waals surface area contributed by atoms with Gasteiger partial charge in [0.1, 0.15) is 0 Å². The Balaban J connectivity index is 1.29. The van der Waals surface area contributed by atoms with Crippen LogP contribution < -0.4 is 16.9 Å². The average Bonchev–Trinajstić information content (AvgIpc) is 3.64. The number of nitrogens with one attached hydrogen (secondary N) is 2. The van der Waals surface area contributed by atoms with E-state index in [0.717, 1.165) is 17.2 Å². The van der Waals surface area contributed by atoms with Crippen LogP contribution in [0.4, 0.5) is 14.7 Å². The van der Waals surface area contributed by atoms with Crippen LogP contribution >= 0.6 is 17.1 Å². The fraction of sp³-hybridized carbons (Fsp3) is 0.500. The molecule has 6 rings (SSSR count). The van der Waals surface area contributed by atoms with Crippen LogP contribution in [0.2, 0.25) is 0 Å². The van der Waals surface area contributed by atoms with Gasteiger partial charge in [-0.05, 0) is 6.16 Å². The Kier molecular flexibility index (Phi) is 7.67. The monoisotopic (exact) mass is 617 g/mol. The van der Waals surface area contributed by atoms with Gasteiger partial charge in [-0.2, -0.15) is 4.98 Å². The molecule has 17 nitrogen and oxygen atoms in total. The number of hydrogen-bond acceptors (Lipinski definition) is 13. The standard InChI is InChI=1S/C20H23F2N9O8P2/c1-35-19-10(22)18(31-6-27-12-14(31)28-20(23)29-16(12)33)39-41(34)36-2-8-7(3-40-38-19)9(21)17(37-8)30-5-26-11-13(30)24-4-25-15(11)32/h4-10,17-19,40-41H,2-3H2,1H3,(H,24,25,32)(H3,23,28,29,33)/t7-,8-,9+,10+,17-,18-,19?/m1/s1. The summed E-state index contributed by atoms with van der Waals surface area (Å²) in [6.45, 7) is -0.378. The molecule has 0 amide bonds. The highest BCUT2D eigenvalue weighted by atomic mass is 31.1. The molecule has 0 saturated carbocycles. The number of fused-ring (bicyclic) bond motifs is 3. The molecule has 2 fully saturated rings. The van der Waals surface area contributed by atoms with E-state index in [4.69, 9.17) is 28.8 Å². The molecule has 0 spiro atoms. The van der Waals surface area contributed by atoms with E-state index >= 15 is 8.78 Å². The maximum atomic E-state index is 15.9. The van der Waals surface area contributed by atoms with Gasteiger partial charge in [-0.25, -0.2) is 23.7 Å². The van der Waals surface area contributed by atoms with Crippen molar-refractivity contribution in [1.29, 1.82) is 0 Å². The summed E-state index contributed by atoms with van der Waals surface area (Å²) in [5, 5.41) is 0. The summed E-state index contributed by atoms with van der Waals surface area (Å²) in [4.78, 5) is 44.9. The molecule has 0 radical (unpaired) electrons. The van der Waals surface area contributed by atoms with Crippen LogP contribution in [0.3, 0.4) is 0 Å². The zero-order chi connectivity index (χ0) is 28.8. The van der Waals surface area contributed by atoms with Crippen LogP contribution in [0.25, 0.3) is 22.3 Å². The number of hydrogen-bond donors (Lipinski definition) is 3. The number of nitrogen functional groups attached to an aromatic ring is 1. The third-order valence-electron chi connectivity index (χ3n) is 6.70. The Labute approximate surface area is 229 Å². The molecule has 4 N–H and O–H groups in total. The molecule has 4 aromatic heterocycles. The van der Waals surface area contributed by atoms with Crippen molar-refractivity contribution >= 4 is 45.3 Å². The Bertz CT molecular complexity index is 1720. The SMILES string of the molecule is COC1OPC[C@H]2[C@H](F)[C@H](n3cnc4c(=O)[nH]cnc43)O[C@@H]2CO[PH](=O)O[C@@H](n2cnc3c(=O)[nH]c(N)nc32)[C@@H]1F. The normalized spacial score (nSPS) is 32.2. The topological polar surface area (TPSA) is 216 Å². The lowest BCUT2D eigenvalue weighted by molar-refractivity contribution is -0.137. The molecule has 41 heavy (non-hydrogen) atoms. The van der Waals surface area contributed by atoms with E-state index in [2.05, 4.69) is 29.9 Å². The number of anilines is 1. The Morgan fingerprint density at radius 3 is 2.59 bits per heavy atom. The molecule has 2 aliphatic rings. The zero-order valence-electron chi connectivity index (χ0n) is 21.0. The van der Waals surface area contributed by atoms with Crippen LogP contribution in [0, 0.1) is 5.92 Å². The van der Waals surface area contributed by atoms with Crippen molar-refractivity contribution in [3.8, 4) is 0 Å². The minimum absolute atomic E-state index is 0.00216. The minimum atomic E-state index is -3.48. The summed E-state index contributed by atoms with van der Waals surface area (Å²) in [7, 11) is -2.76. The second-order valence-electron chi connectivity index (χ2n) is 9.09. The predicted octanol–water partition coefficient (Wildman–Crippen LogP) is 0.542. The first-order valence-corrected chi connectivity index (χ1v) is 14.4. The Morgan fingerprint density at radius 2 is 1.83 bits per heavy atom. The number of aromatic nitrogens is 8. The van der Waals surface area contributed by atoms with Crippen molar-refractivity contribution in [1.82, 2.24) is 39.0 Å². The maximum Gasteiger partial charge on any atom is 0.321 e. The molecule has 6 heterocycles. The van der Waals surface area contributed by atoms with Crippen LogP contribution in [0.1, 0.15) is 12.5 Å². The van der Waals surface area contributed by atoms with E-state index in [9.17, 15) is 14.2 Å². The number of halogens is 2. The van der Waals surface area contributed by atoms with E-state index in [1.165, 1.54) is 18.0 Å². The van der Waals surface area contributed by atoms with Gasteiger partial charge in [-0.3, -0.25) is 32.8 Å². The van der Waals surface area contributed by atoms with Gasteiger partial charge in [0.25, 0.3) is 11.1 Å². The van der Waals surface area contributed by atoms with Crippen LogP contribution in [-0.4, -0.2) is 83.7 Å². The molecule has 4 aromatic rings. The smallest absolute Gasteiger partial charge is 0.321 e. The average molecular weight is 617 g/mol. The number of nitrogens with two attached hydrogens (primary N) is 1. The number of nitrogens with zero attached hydrogens (tertiary/aromatic N) is 6. The Hall–Kier alpha value is -3.18. The number of ether oxygens (including phenoxy) is 2. The molecule has 0 aliphatic carbocycles. The highest BCUT2D eigenvalue weighted by Crippen LogP contribution is 2.44. The summed E-state index contributed by atoms with van der Waals surface area (Å²) >= 11 is 0. The van der Waals surface area contributed by atoms with Crippen LogP contribution in [0.15, 0.2) is 28.6 Å². The quantitative estimate of drug-likeness (QED) is 0.268. The lowest BCUT2D eigenvalue weighted by atomic mass is 10.0. The first-order valence-electron chi connectivity index (χ1n) is 12.1. The van der Waals surface area contributed by atoms with Crippen molar-refractivity contribution in [3.63, 3.8) is 0 Å². The molecule has 9 atom stereocenters. The Morgan fingerprint density at radius 1 is 1.10 bits per heavy atom. The van der Waals surface area contributed by atoms with Crippen LogP contribution in [-0.2, 0) is 27.6 Å². The third kappa shape index (κ3) is 5.07.